The molecule has 3 aliphatic rings. The van der Waals surface area contributed by atoms with Gasteiger partial charge in [0.15, 0.2) is 12.6 Å². The average Bonchev–Trinajstić information content (AvgIpc) is 3.17. The molecular weight excluding hydrogens is 714 g/mol. The molecule has 18 heteroatoms. The maximum Gasteiger partial charge on any atom is 0.306 e. The Kier molecular flexibility index (Phi) is 17.0. The Morgan fingerprint density at radius 1 is 0.704 bits per heavy atom. The molecular formula is C36H55N3O15. The minimum Gasteiger partial charge on any atom is -0.461 e. The van der Waals surface area contributed by atoms with Crippen molar-refractivity contribution in [3.63, 3.8) is 0 Å². The van der Waals surface area contributed by atoms with E-state index in [9.17, 15) is 49.8 Å². The maximum atomic E-state index is 13.3. The number of carbonyl (C=O) groups excluding carboxylic acids is 4. The predicted octanol–water partition coefficient (Wildman–Crippen LogP) is -2.32. The van der Waals surface area contributed by atoms with Crippen LogP contribution < -0.4 is 10.6 Å². The standard InChI is InChI=1S/C36H55N3O15/c1-20-27(42)29(44)31(46)35(53-20)50-14-12-37-33(48)23-16-24(34(49)38-13-15-51-36-32(47)30(45)28(43)21(2)54-36)18-39(17-23)25(40)10-6-7-11-26(41)52-19-22-8-4-3-5-9-22/h3-5,8-9,20-21,23-24,27-32,35-36,42-47H,6-7,10-19H2,1-2H3,(H,37,48)(H,38,49)/t20-,21-,23-,24+,27+,28+,29+,30+,31-,32-,35+,36+/m0/s1. The molecule has 4 rings (SSSR count). The number of rotatable bonds is 17. The molecule has 1 aromatic carbocycles. The van der Waals surface area contributed by atoms with E-state index in [4.69, 9.17) is 23.7 Å². The number of nitrogens with zero attached hydrogens (tertiary/aromatic N) is 1. The quantitative estimate of drug-likeness (QED) is 0.0611. The topological polar surface area (TPSA) is 263 Å². The minimum atomic E-state index is -1.50. The summed E-state index contributed by atoms with van der Waals surface area (Å²) in [6.45, 7) is 3.04. The van der Waals surface area contributed by atoms with Gasteiger partial charge in [-0.2, -0.15) is 0 Å². The van der Waals surface area contributed by atoms with E-state index in [1.54, 1.807) is 0 Å². The van der Waals surface area contributed by atoms with E-state index in [-0.39, 0.29) is 77.1 Å². The van der Waals surface area contributed by atoms with Gasteiger partial charge < -0.3 is 69.9 Å². The Balaban J connectivity index is 1.26. The summed E-state index contributed by atoms with van der Waals surface area (Å²) in [7, 11) is 0. The summed E-state index contributed by atoms with van der Waals surface area (Å²) >= 11 is 0. The molecule has 3 heterocycles. The van der Waals surface area contributed by atoms with E-state index < -0.39 is 85.1 Å². The van der Waals surface area contributed by atoms with Crippen molar-refractivity contribution in [2.24, 2.45) is 11.8 Å². The van der Waals surface area contributed by atoms with Crippen LogP contribution in [-0.2, 0) is 49.5 Å². The molecule has 0 aromatic heterocycles. The molecule has 3 fully saturated rings. The van der Waals surface area contributed by atoms with Gasteiger partial charge in [-0.05, 0) is 38.7 Å². The Hall–Kier alpha value is -3.30. The highest BCUT2D eigenvalue weighted by Gasteiger charge is 2.44. The van der Waals surface area contributed by atoms with Crippen molar-refractivity contribution in [1.82, 2.24) is 15.5 Å². The van der Waals surface area contributed by atoms with Crippen LogP contribution in [0.15, 0.2) is 30.3 Å². The zero-order valence-corrected chi connectivity index (χ0v) is 30.6. The van der Waals surface area contributed by atoms with Crippen molar-refractivity contribution in [2.45, 2.75) is 114 Å². The second-order valence-corrected chi connectivity index (χ2v) is 14.0. The second-order valence-electron chi connectivity index (χ2n) is 14.0. The molecule has 0 saturated carbocycles. The van der Waals surface area contributed by atoms with Crippen LogP contribution >= 0.6 is 0 Å². The first kappa shape index (κ1) is 43.4. The number of piperidine rings is 1. The summed E-state index contributed by atoms with van der Waals surface area (Å²) in [4.78, 5) is 53.6. The molecule has 54 heavy (non-hydrogen) atoms. The predicted molar refractivity (Wildman–Crippen MR) is 186 cm³/mol. The number of ether oxygens (including phenoxy) is 5. The number of aliphatic hydroxyl groups excluding tert-OH is 6. The van der Waals surface area contributed by atoms with Crippen LogP contribution in [0.5, 0.6) is 0 Å². The maximum absolute atomic E-state index is 13.3. The molecule has 12 atom stereocenters. The van der Waals surface area contributed by atoms with Crippen molar-refractivity contribution in [3.05, 3.63) is 35.9 Å². The molecule has 0 aliphatic carbocycles. The second kappa shape index (κ2) is 21.1. The molecule has 0 radical (unpaired) electrons. The number of hydrogen-bond donors (Lipinski definition) is 8. The first-order valence-electron chi connectivity index (χ1n) is 18.4. The third-order valence-corrected chi connectivity index (χ3v) is 9.79. The average molecular weight is 770 g/mol. The van der Waals surface area contributed by atoms with Gasteiger partial charge in [0.1, 0.15) is 43.2 Å². The fourth-order valence-corrected chi connectivity index (χ4v) is 6.49. The summed E-state index contributed by atoms with van der Waals surface area (Å²) in [5.74, 6) is -3.08. The number of benzene rings is 1. The van der Waals surface area contributed by atoms with Crippen molar-refractivity contribution in [3.8, 4) is 0 Å². The Bertz CT molecular complexity index is 1300. The Labute approximate surface area is 313 Å². The number of carbonyl (C=O) groups is 4. The van der Waals surface area contributed by atoms with E-state index in [0.29, 0.717) is 12.8 Å². The fourth-order valence-electron chi connectivity index (χ4n) is 6.49. The van der Waals surface area contributed by atoms with E-state index >= 15 is 0 Å². The molecule has 0 spiro atoms. The lowest BCUT2D eigenvalue weighted by atomic mass is 9.87. The zero-order valence-electron chi connectivity index (χ0n) is 30.6. The molecule has 0 unspecified atom stereocenters. The summed E-state index contributed by atoms with van der Waals surface area (Å²) in [5, 5.41) is 65.5. The van der Waals surface area contributed by atoms with Gasteiger partial charge in [-0.25, -0.2) is 0 Å². The highest BCUT2D eigenvalue weighted by atomic mass is 16.7. The van der Waals surface area contributed by atoms with E-state index in [1.165, 1.54) is 18.7 Å². The normalized spacial score (nSPS) is 32.8. The lowest BCUT2D eigenvalue weighted by Crippen LogP contribution is -2.57. The van der Waals surface area contributed by atoms with Gasteiger partial charge in [-0.15, -0.1) is 0 Å². The van der Waals surface area contributed by atoms with Gasteiger partial charge in [0.05, 0.1) is 37.3 Å². The van der Waals surface area contributed by atoms with Crippen LogP contribution in [0.25, 0.3) is 0 Å². The minimum absolute atomic E-state index is 0.0170. The van der Waals surface area contributed by atoms with Crippen LogP contribution in [0.1, 0.15) is 51.5 Å². The van der Waals surface area contributed by atoms with Gasteiger partial charge in [0, 0.05) is 39.0 Å². The van der Waals surface area contributed by atoms with Crippen molar-refractivity contribution < 1.29 is 73.5 Å². The third kappa shape index (κ3) is 12.4. The van der Waals surface area contributed by atoms with Crippen molar-refractivity contribution in [2.75, 3.05) is 39.4 Å². The Morgan fingerprint density at radius 2 is 1.19 bits per heavy atom. The van der Waals surface area contributed by atoms with Crippen LogP contribution in [0, 0.1) is 11.8 Å². The van der Waals surface area contributed by atoms with E-state index in [2.05, 4.69) is 10.6 Å². The molecule has 3 amide bonds. The van der Waals surface area contributed by atoms with Gasteiger partial charge >= 0.3 is 5.97 Å². The number of esters is 1. The SMILES string of the molecule is C[C@@H]1O[C@@H](OCCNC(=O)[C@@H]2C[C@H](C(=O)NCCO[C@@H]3O[C@@H](C)[C@@H](O)[C@@H](O)[C@@H]3O)CN(C(=O)CCCCC(=O)OCc3ccccc3)C2)[C@@H](O)[C@H](O)[C@@H]1O. The van der Waals surface area contributed by atoms with Crippen molar-refractivity contribution in [1.29, 1.82) is 0 Å². The number of aliphatic hydroxyl groups is 6. The summed E-state index contributed by atoms with van der Waals surface area (Å²) < 4.78 is 27.1. The monoisotopic (exact) mass is 769 g/mol. The third-order valence-electron chi connectivity index (χ3n) is 9.79. The van der Waals surface area contributed by atoms with Gasteiger partial charge in [-0.3, -0.25) is 19.2 Å². The van der Waals surface area contributed by atoms with Gasteiger partial charge in [0.2, 0.25) is 17.7 Å². The van der Waals surface area contributed by atoms with Crippen LogP contribution in [0.3, 0.4) is 0 Å². The van der Waals surface area contributed by atoms with Crippen LogP contribution in [0.4, 0.5) is 0 Å². The number of amides is 3. The van der Waals surface area contributed by atoms with Crippen LogP contribution in [0.2, 0.25) is 0 Å². The number of nitrogens with one attached hydrogen (secondary N) is 2. The Morgan fingerprint density at radius 3 is 1.69 bits per heavy atom. The summed E-state index contributed by atoms with van der Waals surface area (Å²) in [6.07, 6.45) is -11.5. The van der Waals surface area contributed by atoms with E-state index in [1.807, 2.05) is 30.3 Å². The summed E-state index contributed by atoms with van der Waals surface area (Å²) in [5.41, 5.74) is 0.864. The molecule has 1 aromatic rings. The molecule has 8 N–H and O–H groups in total. The fraction of sp³-hybridized carbons (Fsp3) is 0.722. The lowest BCUT2D eigenvalue weighted by molar-refractivity contribution is -0.292. The summed E-state index contributed by atoms with van der Waals surface area (Å²) in [6, 6.07) is 9.26. The first-order valence-corrected chi connectivity index (χ1v) is 18.4. The molecule has 3 saturated heterocycles. The van der Waals surface area contributed by atoms with Crippen LogP contribution in [-0.4, -0.2) is 160 Å². The first-order chi connectivity index (χ1) is 25.8. The zero-order chi connectivity index (χ0) is 39.4. The highest BCUT2D eigenvalue weighted by molar-refractivity contribution is 5.85. The molecule has 0 bridgehead atoms. The smallest absolute Gasteiger partial charge is 0.306 e. The molecule has 304 valence electrons. The lowest BCUT2D eigenvalue weighted by Gasteiger charge is -2.39. The largest absolute Gasteiger partial charge is 0.461 e. The highest BCUT2D eigenvalue weighted by Crippen LogP contribution is 2.25. The van der Waals surface area contributed by atoms with Gasteiger partial charge in [-0.1, -0.05) is 30.3 Å². The van der Waals surface area contributed by atoms with Crippen molar-refractivity contribution >= 4 is 23.7 Å². The van der Waals surface area contributed by atoms with E-state index in [0.717, 1.165) is 5.56 Å². The molecule has 18 nitrogen and oxygen atoms in total. The van der Waals surface area contributed by atoms with Gasteiger partial charge in [0.25, 0.3) is 0 Å². The molecule has 3 aliphatic heterocycles. The number of hydrogen-bond acceptors (Lipinski definition) is 15. The number of unbranched alkanes of at least 4 members (excludes halogenated alkanes) is 1. The number of likely N-dealkylation sites (tertiary alicyclic amines) is 1.